The molecule has 0 radical (unpaired) electrons. The molecule has 0 aromatic carbocycles. The van der Waals surface area contributed by atoms with Crippen LogP contribution in [-0.2, 0) is 6.54 Å². The van der Waals surface area contributed by atoms with Gasteiger partial charge in [0.15, 0.2) is 0 Å². The molecule has 0 bridgehead atoms. The van der Waals surface area contributed by atoms with Crippen molar-refractivity contribution in [1.29, 1.82) is 0 Å². The summed E-state index contributed by atoms with van der Waals surface area (Å²) in [5.41, 5.74) is 2.23. The molecule has 2 rings (SSSR count). The molecule has 2 heterocycles. The Kier molecular flexibility index (Phi) is 4.30. The molecule has 0 spiro atoms. The predicted octanol–water partition coefficient (Wildman–Crippen LogP) is 2.96. The van der Waals surface area contributed by atoms with Gasteiger partial charge in [0.2, 0.25) is 0 Å². The zero-order valence-electron chi connectivity index (χ0n) is 11.3. The molecule has 0 amide bonds. The van der Waals surface area contributed by atoms with E-state index in [0.29, 0.717) is 4.75 Å². The van der Waals surface area contributed by atoms with Crippen LogP contribution in [-0.4, -0.2) is 26.4 Å². The van der Waals surface area contributed by atoms with Crippen molar-refractivity contribution in [3.63, 3.8) is 0 Å². The van der Waals surface area contributed by atoms with Gasteiger partial charge in [-0.15, -0.1) is 0 Å². The van der Waals surface area contributed by atoms with Gasteiger partial charge in [-0.2, -0.15) is 11.8 Å². The van der Waals surface area contributed by atoms with E-state index in [1.165, 1.54) is 5.69 Å². The van der Waals surface area contributed by atoms with Crippen LogP contribution in [0.25, 0.3) is 5.65 Å². The minimum absolute atomic E-state index is 0.352. The highest BCUT2D eigenvalue weighted by Crippen LogP contribution is 2.22. The summed E-state index contributed by atoms with van der Waals surface area (Å²) in [5.74, 6) is 1.14. The van der Waals surface area contributed by atoms with E-state index in [0.717, 1.165) is 24.5 Å². The van der Waals surface area contributed by atoms with E-state index in [1.807, 2.05) is 36.2 Å². The van der Waals surface area contributed by atoms with Gasteiger partial charge in [0.05, 0.1) is 11.9 Å². The number of imidazole rings is 1. The molecule has 4 heteroatoms. The molecule has 2 aromatic heterocycles. The second-order valence-corrected chi connectivity index (χ2v) is 7.24. The number of pyridine rings is 1. The van der Waals surface area contributed by atoms with E-state index in [2.05, 4.69) is 41.7 Å². The van der Waals surface area contributed by atoms with Crippen molar-refractivity contribution in [3.8, 4) is 0 Å². The monoisotopic (exact) mass is 263 g/mol. The summed E-state index contributed by atoms with van der Waals surface area (Å²) < 4.78 is 2.48. The molecule has 0 aliphatic heterocycles. The van der Waals surface area contributed by atoms with E-state index in [1.54, 1.807) is 0 Å². The Bertz CT molecular complexity index is 499. The Hall–Kier alpha value is -1.00. The molecular formula is C14H21N3S. The molecule has 0 fully saturated rings. The molecular weight excluding hydrogens is 242 g/mol. The average molecular weight is 263 g/mol. The molecule has 0 aliphatic rings. The minimum atomic E-state index is 0.352. The van der Waals surface area contributed by atoms with E-state index >= 15 is 0 Å². The standard InChI is InChI=1S/C14H21N3S/c1-14(2,3)18-9-7-15-10-12-11-16-13-6-4-5-8-17(12)13/h4-6,8,11,15H,7,9-10H2,1-3H3. The summed E-state index contributed by atoms with van der Waals surface area (Å²) in [4.78, 5) is 4.37. The topological polar surface area (TPSA) is 29.3 Å². The Morgan fingerprint density at radius 1 is 1.33 bits per heavy atom. The minimum Gasteiger partial charge on any atom is -0.310 e. The largest absolute Gasteiger partial charge is 0.310 e. The maximum absolute atomic E-state index is 4.37. The van der Waals surface area contributed by atoms with Crippen molar-refractivity contribution in [3.05, 3.63) is 36.3 Å². The third-order valence-corrected chi connectivity index (χ3v) is 3.89. The van der Waals surface area contributed by atoms with Gasteiger partial charge < -0.3 is 9.72 Å². The van der Waals surface area contributed by atoms with Crippen LogP contribution in [0.15, 0.2) is 30.6 Å². The Morgan fingerprint density at radius 2 is 2.17 bits per heavy atom. The SMILES string of the molecule is CC(C)(C)SCCNCc1cnc2ccccn12. The first-order valence-electron chi connectivity index (χ1n) is 6.32. The number of hydrogen-bond acceptors (Lipinski definition) is 3. The lowest BCUT2D eigenvalue weighted by molar-refractivity contribution is 0.706. The summed E-state index contributed by atoms with van der Waals surface area (Å²) in [6.07, 6.45) is 4.00. The van der Waals surface area contributed by atoms with Gasteiger partial charge in [-0.05, 0) is 12.1 Å². The molecule has 18 heavy (non-hydrogen) atoms. The van der Waals surface area contributed by atoms with Crippen LogP contribution in [0.4, 0.5) is 0 Å². The second kappa shape index (κ2) is 5.76. The van der Waals surface area contributed by atoms with E-state index in [9.17, 15) is 0 Å². The zero-order chi connectivity index (χ0) is 13.0. The summed E-state index contributed by atoms with van der Waals surface area (Å²) >= 11 is 1.99. The molecule has 98 valence electrons. The summed E-state index contributed by atoms with van der Waals surface area (Å²) in [6.45, 7) is 8.66. The highest BCUT2D eigenvalue weighted by molar-refractivity contribution is 8.00. The lowest BCUT2D eigenvalue weighted by atomic mass is 10.3. The number of thioether (sulfide) groups is 1. The number of fused-ring (bicyclic) bond motifs is 1. The van der Waals surface area contributed by atoms with Crippen molar-refractivity contribution in [1.82, 2.24) is 14.7 Å². The van der Waals surface area contributed by atoms with Crippen molar-refractivity contribution in [2.45, 2.75) is 32.1 Å². The molecule has 0 unspecified atom stereocenters. The van der Waals surface area contributed by atoms with Crippen LogP contribution >= 0.6 is 11.8 Å². The number of rotatable bonds is 5. The first kappa shape index (κ1) is 13.4. The van der Waals surface area contributed by atoms with Gasteiger partial charge in [-0.3, -0.25) is 0 Å². The molecule has 1 N–H and O–H groups in total. The van der Waals surface area contributed by atoms with Gasteiger partial charge in [-0.1, -0.05) is 26.8 Å². The second-order valence-electron chi connectivity index (χ2n) is 5.32. The Morgan fingerprint density at radius 3 is 2.94 bits per heavy atom. The first-order valence-corrected chi connectivity index (χ1v) is 7.30. The highest BCUT2D eigenvalue weighted by Gasteiger charge is 2.09. The maximum atomic E-state index is 4.37. The fourth-order valence-corrected chi connectivity index (χ4v) is 2.62. The first-order chi connectivity index (χ1) is 8.56. The van der Waals surface area contributed by atoms with Gasteiger partial charge >= 0.3 is 0 Å². The van der Waals surface area contributed by atoms with E-state index in [-0.39, 0.29) is 0 Å². The van der Waals surface area contributed by atoms with Crippen molar-refractivity contribution < 1.29 is 0 Å². The van der Waals surface area contributed by atoms with Crippen LogP contribution < -0.4 is 5.32 Å². The smallest absolute Gasteiger partial charge is 0.136 e. The molecule has 0 atom stereocenters. The number of aromatic nitrogens is 2. The number of nitrogens with zero attached hydrogens (tertiary/aromatic N) is 2. The highest BCUT2D eigenvalue weighted by atomic mass is 32.2. The van der Waals surface area contributed by atoms with Crippen LogP contribution in [0.2, 0.25) is 0 Å². The quantitative estimate of drug-likeness (QED) is 0.841. The Balaban J connectivity index is 1.80. The van der Waals surface area contributed by atoms with E-state index < -0.39 is 0 Å². The molecule has 0 saturated heterocycles. The van der Waals surface area contributed by atoms with Gasteiger partial charge in [0, 0.05) is 29.8 Å². The van der Waals surface area contributed by atoms with Crippen molar-refractivity contribution in [2.24, 2.45) is 0 Å². The van der Waals surface area contributed by atoms with Crippen LogP contribution in [0.5, 0.6) is 0 Å². The third-order valence-electron chi connectivity index (χ3n) is 2.61. The normalized spacial score (nSPS) is 12.2. The van der Waals surface area contributed by atoms with E-state index in [4.69, 9.17) is 0 Å². The lowest BCUT2D eigenvalue weighted by Crippen LogP contribution is -2.20. The van der Waals surface area contributed by atoms with Crippen LogP contribution in [0.1, 0.15) is 26.5 Å². The molecule has 3 nitrogen and oxygen atoms in total. The number of hydrogen-bond donors (Lipinski definition) is 1. The summed E-state index contributed by atoms with van der Waals surface area (Å²) in [6, 6.07) is 6.08. The van der Waals surface area contributed by atoms with Crippen LogP contribution in [0.3, 0.4) is 0 Å². The van der Waals surface area contributed by atoms with Crippen molar-refractivity contribution >= 4 is 17.4 Å². The molecule has 2 aromatic rings. The van der Waals surface area contributed by atoms with Gasteiger partial charge in [-0.25, -0.2) is 4.98 Å². The van der Waals surface area contributed by atoms with Gasteiger partial charge in [0.25, 0.3) is 0 Å². The Labute approximate surface area is 113 Å². The maximum Gasteiger partial charge on any atom is 0.136 e. The fraction of sp³-hybridized carbons (Fsp3) is 0.500. The fourth-order valence-electron chi connectivity index (χ4n) is 1.76. The lowest BCUT2D eigenvalue weighted by Gasteiger charge is -2.17. The molecule has 0 aliphatic carbocycles. The summed E-state index contributed by atoms with van der Waals surface area (Å²) in [7, 11) is 0. The van der Waals surface area contributed by atoms with Crippen molar-refractivity contribution in [2.75, 3.05) is 12.3 Å². The number of nitrogens with one attached hydrogen (secondary N) is 1. The predicted molar refractivity (Wildman–Crippen MR) is 79.1 cm³/mol. The summed E-state index contributed by atoms with van der Waals surface area (Å²) in [5, 5.41) is 3.47. The average Bonchev–Trinajstić information content (AvgIpc) is 2.71. The van der Waals surface area contributed by atoms with Gasteiger partial charge in [0.1, 0.15) is 5.65 Å². The van der Waals surface area contributed by atoms with Crippen LogP contribution in [0, 0.1) is 0 Å². The third kappa shape index (κ3) is 3.75. The zero-order valence-corrected chi connectivity index (χ0v) is 12.1. The molecule has 0 saturated carbocycles.